The van der Waals surface area contributed by atoms with Crippen LogP contribution >= 0.6 is 23.8 Å². The molecule has 18 heavy (non-hydrogen) atoms. The Hall–Kier alpha value is -1.99. The van der Waals surface area contributed by atoms with Crippen molar-refractivity contribution in [2.75, 3.05) is 0 Å². The van der Waals surface area contributed by atoms with Crippen molar-refractivity contribution in [3.63, 3.8) is 0 Å². The molecule has 6 nitrogen and oxygen atoms in total. The van der Waals surface area contributed by atoms with Crippen LogP contribution in [0.3, 0.4) is 0 Å². The lowest BCUT2D eigenvalue weighted by Crippen LogP contribution is -2.18. The number of hydrogen-bond acceptors (Lipinski definition) is 5. The Bertz CT molecular complexity index is 694. The molecule has 92 valence electrons. The van der Waals surface area contributed by atoms with Crippen LogP contribution in [0.15, 0.2) is 34.3 Å². The molecule has 0 aliphatic carbocycles. The fraction of sp³-hybridized carbons (Fsp3) is 0. The molecule has 0 radical (unpaired) electrons. The van der Waals surface area contributed by atoms with Gasteiger partial charge in [-0.25, -0.2) is 0 Å². The summed E-state index contributed by atoms with van der Waals surface area (Å²) in [6.07, 6.45) is 2.47. The summed E-state index contributed by atoms with van der Waals surface area (Å²) in [4.78, 5) is 11.4. The van der Waals surface area contributed by atoms with E-state index in [1.165, 1.54) is 18.3 Å². The summed E-state index contributed by atoms with van der Waals surface area (Å²) < 4.78 is 1.08. The standard InChI is InChI=1S/C10H7ClN4O2S/c11-7-3-6(1-2-8(7)16)4-13-15-9(17)5-12-14-10(15)18/h1-5,16H,(H,14,18)/b13-4-. The first-order chi connectivity index (χ1) is 8.58. The van der Waals surface area contributed by atoms with Crippen LogP contribution < -0.4 is 5.56 Å². The summed E-state index contributed by atoms with van der Waals surface area (Å²) in [6.45, 7) is 0. The van der Waals surface area contributed by atoms with Crippen LogP contribution in [0.5, 0.6) is 5.75 Å². The van der Waals surface area contributed by atoms with Gasteiger partial charge in [0.1, 0.15) is 11.9 Å². The minimum absolute atomic E-state index is 0.0211. The number of aromatic amines is 1. The smallest absolute Gasteiger partial charge is 0.293 e. The molecule has 0 aliphatic rings. The lowest BCUT2D eigenvalue weighted by molar-refractivity contribution is 0.475. The van der Waals surface area contributed by atoms with Crippen molar-refractivity contribution in [2.45, 2.75) is 0 Å². The summed E-state index contributed by atoms with van der Waals surface area (Å²) in [5.41, 5.74) is 0.177. The molecule has 2 aromatic rings. The van der Waals surface area contributed by atoms with Gasteiger partial charge in [-0.3, -0.25) is 9.89 Å². The third kappa shape index (κ3) is 2.63. The lowest BCUT2D eigenvalue weighted by Gasteiger charge is -1.98. The van der Waals surface area contributed by atoms with E-state index >= 15 is 0 Å². The second kappa shape index (κ2) is 5.11. The van der Waals surface area contributed by atoms with Crippen LogP contribution in [-0.2, 0) is 0 Å². The Morgan fingerprint density at radius 3 is 3.00 bits per heavy atom. The number of benzene rings is 1. The van der Waals surface area contributed by atoms with E-state index in [1.54, 1.807) is 6.07 Å². The van der Waals surface area contributed by atoms with Gasteiger partial charge in [0.25, 0.3) is 5.56 Å². The monoisotopic (exact) mass is 282 g/mol. The van der Waals surface area contributed by atoms with Crippen LogP contribution in [0.2, 0.25) is 5.02 Å². The Labute approximate surface area is 111 Å². The van der Waals surface area contributed by atoms with Gasteiger partial charge in [-0.05, 0) is 36.0 Å². The molecule has 1 heterocycles. The van der Waals surface area contributed by atoms with Crippen molar-refractivity contribution < 1.29 is 5.11 Å². The number of H-pyrrole nitrogens is 1. The normalized spacial score (nSPS) is 10.9. The maximum Gasteiger partial charge on any atom is 0.293 e. The third-order valence-corrected chi connectivity index (χ3v) is 2.60. The van der Waals surface area contributed by atoms with Gasteiger partial charge in [-0.2, -0.15) is 14.9 Å². The number of rotatable bonds is 2. The van der Waals surface area contributed by atoms with Gasteiger partial charge >= 0.3 is 0 Å². The summed E-state index contributed by atoms with van der Waals surface area (Å²) in [7, 11) is 0. The first kappa shape index (κ1) is 12.5. The molecule has 1 aromatic carbocycles. The highest BCUT2D eigenvalue weighted by Gasteiger charge is 1.99. The minimum atomic E-state index is -0.445. The van der Waals surface area contributed by atoms with Gasteiger partial charge in [0, 0.05) is 0 Å². The Kier molecular flexibility index (Phi) is 3.54. The van der Waals surface area contributed by atoms with E-state index in [0.29, 0.717) is 5.56 Å². The van der Waals surface area contributed by atoms with Gasteiger partial charge in [0.05, 0.1) is 11.2 Å². The largest absolute Gasteiger partial charge is 0.506 e. The highest BCUT2D eigenvalue weighted by Crippen LogP contribution is 2.22. The molecule has 0 amide bonds. The Morgan fingerprint density at radius 1 is 1.56 bits per heavy atom. The van der Waals surface area contributed by atoms with Crippen LogP contribution in [0.1, 0.15) is 5.56 Å². The molecule has 1 aromatic heterocycles. The average Bonchev–Trinajstić information content (AvgIpc) is 2.33. The number of nitrogens with one attached hydrogen (secondary N) is 1. The number of halogens is 1. The molecule has 0 saturated carbocycles. The van der Waals surface area contributed by atoms with Gasteiger partial charge < -0.3 is 5.11 Å². The summed E-state index contributed by atoms with van der Waals surface area (Å²) in [5, 5.41) is 19.3. The van der Waals surface area contributed by atoms with Crippen LogP contribution in [0.25, 0.3) is 0 Å². The van der Waals surface area contributed by atoms with E-state index in [0.717, 1.165) is 10.9 Å². The van der Waals surface area contributed by atoms with Crippen molar-refractivity contribution in [3.05, 3.63) is 50.1 Å². The van der Waals surface area contributed by atoms with E-state index in [1.807, 2.05) is 0 Å². The zero-order valence-corrected chi connectivity index (χ0v) is 10.4. The molecular formula is C10H7ClN4O2S. The van der Waals surface area contributed by atoms with E-state index in [-0.39, 0.29) is 15.5 Å². The summed E-state index contributed by atoms with van der Waals surface area (Å²) in [5.74, 6) is -0.0211. The quantitative estimate of drug-likeness (QED) is 0.646. The number of hydrogen-bond donors (Lipinski definition) is 2. The SMILES string of the molecule is O=c1cn[nH]c(=S)n1/N=C\c1ccc(O)c(Cl)c1. The molecule has 0 spiro atoms. The second-order valence-corrected chi connectivity index (χ2v) is 4.07. The van der Waals surface area contributed by atoms with Gasteiger partial charge in [0.15, 0.2) is 0 Å². The second-order valence-electron chi connectivity index (χ2n) is 3.28. The van der Waals surface area contributed by atoms with E-state index in [2.05, 4.69) is 15.3 Å². The minimum Gasteiger partial charge on any atom is -0.506 e. The average molecular weight is 283 g/mol. The Morgan fingerprint density at radius 2 is 2.33 bits per heavy atom. The third-order valence-electron chi connectivity index (χ3n) is 2.03. The number of aromatic nitrogens is 3. The number of nitrogens with zero attached hydrogens (tertiary/aromatic N) is 3. The fourth-order valence-corrected chi connectivity index (χ4v) is 1.56. The molecule has 0 saturated heterocycles. The summed E-state index contributed by atoms with van der Waals surface area (Å²) >= 11 is 10.6. The highest BCUT2D eigenvalue weighted by atomic mass is 35.5. The molecule has 2 rings (SSSR count). The molecule has 0 fully saturated rings. The molecule has 0 aliphatic heterocycles. The number of phenolic OH excluding ortho intramolecular Hbond substituents is 1. The van der Waals surface area contributed by atoms with Crippen molar-refractivity contribution in [1.29, 1.82) is 0 Å². The Balaban J connectivity index is 2.39. The van der Waals surface area contributed by atoms with Crippen LogP contribution in [0.4, 0.5) is 0 Å². The zero-order chi connectivity index (χ0) is 13.1. The maximum absolute atomic E-state index is 11.4. The van der Waals surface area contributed by atoms with Crippen molar-refractivity contribution in [1.82, 2.24) is 14.9 Å². The first-order valence-corrected chi connectivity index (χ1v) is 5.56. The van der Waals surface area contributed by atoms with Crippen molar-refractivity contribution >= 4 is 30.0 Å². The molecule has 2 N–H and O–H groups in total. The fourth-order valence-electron chi connectivity index (χ4n) is 1.18. The maximum atomic E-state index is 11.4. The molecule has 8 heteroatoms. The van der Waals surface area contributed by atoms with E-state index in [9.17, 15) is 9.90 Å². The molecule has 0 unspecified atom stereocenters. The van der Waals surface area contributed by atoms with Gasteiger partial charge in [-0.15, -0.1) is 0 Å². The van der Waals surface area contributed by atoms with Crippen LogP contribution in [0, 0.1) is 4.77 Å². The van der Waals surface area contributed by atoms with Gasteiger partial charge in [-0.1, -0.05) is 11.6 Å². The molecule has 0 atom stereocenters. The van der Waals surface area contributed by atoms with Crippen molar-refractivity contribution in [3.8, 4) is 5.75 Å². The van der Waals surface area contributed by atoms with Crippen molar-refractivity contribution in [2.24, 2.45) is 5.10 Å². The van der Waals surface area contributed by atoms with Crippen LogP contribution in [-0.4, -0.2) is 26.2 Å². The summed E-state index contributed by atoms with van der Waals surface area (Å²) in [6, 6.07) is 4.54. The molecular weight excluding hydrogens is 276 g/mol. The lowest BCUT2D eigenvalue weighted by atomic mass is 10.2. The van der Waals surface area contributed by atoms with E-state index in [4.69, 9.17) is 23.8 Å². The predicted octanol–water partition coefficient (Wildman–Crippen LogP) is 1.54. The first-order valence-electron chi connectivity index (χ1n) is 4.77. The van der Waals surface area contributed by atoms with Gasteiger partial charge in [0.2, 0.25) is 4.77 Å². The zero-order valence-electron chi connectivity index (χ0n) is 8.87. The van der Waals surface area contributed by atoms with E-state index < -0.39 is 5.56 Å². The number of phenols is 1. The highest BCUT2D eigenvalue weighted by molar-refractivity contribution is 7.71. The predicted molar refractivity (Wildman–Crippen MR) is 69.8 cm³/mol. The molecule has 0 bridgehead atoms. The topological polar surface area (TPSA) is 83.3 Å². The number of aromatic hydroxyl groups is 1.